The summed E-state index contributed by atoms with van der Waals surface area (Å²) in [6.45, 7) is 4.74. The van der Waals surface area contributed by atoms with Gasteiger partial charge in [-0.25, -0.2) is 13.1 Å². The summed E-state index contributed by atoms with van der Waals surface area (Å²) >= 11 is 0. The van der Waals surface area contributed by atoms with Gasteiger partial charge in [-0.1, -0.05) is 18.2 Å². The minimum Gasteiger partial charge on any atom is -0.344 e. The van der Waals surface area contributed by atoms with E-state index in [0.717, 1.165) is 22.6 Å². The molecule has 1 aromatic carbocycles. The normalized spacial score (nSPS) is 18.0. The Morgan fingerprint density at radius 2 is 1.97 bits per heavy atom. The largest absolute Gasteiger partial charge is 0.344 e. The SMILES string of the molecule is Cc1cc(C(=O)CN(C)Cc2cnn(-c3ccccc3)c2)c(C)n1C1CCS(=O)(=O)C1. The minimum absolute atomic E-state index is 0.0400. The number of sulfone groups is 1. The van der Waals surface area contributed by atoms with Crippen LogP contribution in [0.2, 0.25) is 0 Å². The van der Waals surface area contributed by atoms with Gasteiger partial charge in [-0.2, -0.15) is 5.10 Å². The van der Waals surface area contributed by atoms with Crippen molar-refractivity contribution < 1.29 is 13.2 Å². The standard InChI is InChI=1S/C23H28N4O3S/c1-17-11-22(18(2)27(17)21-9-10-31(29,30)16-21)23(28)15-25(3)13-19-12-24-26(14-19)20-7-5-4-6-8-20/h4-8,11-12,14,21H,9-10,13,15-16H2,1-3H3. The highest BCUT2D eigenvalue weighted by molar-refractivity contribution is 7.91. The van der Waals surface area contributed by atoms with Crippen molar-refractivity contribution in [1.82, 2.24) is 19.2 Å². The molecule has 2 aromatic heterocycles. The number of hydrogen-bond donors (Lipinski definition) is 0. The fourth-order valence-corrected chi connectivity index (χ4v) is 6.16. The van der Waals surface area contributed by atoms with Crippen molar-refractivity contribution >= 4 is 15.6 Å². The summed E-state index contributed by atoms with van der Waals surface area (Å²) in [7, 11) is -1.06. The van der Waals surface area contributed by atoms with Crippen LogP contribution in [0.15, 0.2) is 48.8 Å². The number of carbonyl (C=O) groups is 1. The smallest absolute Gasteiger partial charge is 0.178 e. The van der Waals surface area contributed by atoms with E-state index in [1.54, 1.807) is 0 Å². The molecule has 31 heavy (non-hydrogen) atoms. The molecule has 1 fully saturated rings. The van der Waals surface area contributed by atoms with Crippen LogP contribution >= 0.6 is 0 Å². The topological polar surface area (TPSA) is 77.2 Å². The molecule has 1 saturated heterocycles. The molecule has 1 aliphatic heterocycles. The second-order valence-corrected chi connectivity index (χ2v) is 10.7. The van der Waals surface area contributed by atoms with Crippen LogP contribution in [0.3, 0.4) is 0 Å². The number of carbonyl (C=O) groups excluding carboxylic acids is 1. The Kier molecular flexibility index (Phi) is 5.85. The van der Waals surface area contributed by atoms with E-state index in [9.17, 15) is 13.2 Å². The van der Waals surface area contributed by atoms with Gasteiger partial charge in [0.1, 0.15) is 0 Å². The van der Waals surface area contributed by atoms with Crippen molar-refractivity contribution in [2.75, 3.05) is 25.1 Å². The van der Waals surface area contributed by atoms with Crippen molar-refractivity contribution in [2.45, 2.75) is 32.9 Å². The molecule has 1 unspecified atom stereocenters. The summed E-state index contributed by atoms with van der Waals surface area (Å²) in [5.74, 6) is 0.415. The third-order valence-electron chi connectivity index (χ3n) is 5.88. The molecule has 3 aromatic rings. The minimum atomic E-state index is -2.98. The van der Waals surface area contributed by atoms with Gasteiger partial charge < -0.3 is 4.57 Å². The number of aromatic nitrogens is 3. The van der Waals surface area contributed by atoms with Gasteiger partial charge in [0.15, 0.2) is 15.6 Å². The number of para-hydroxylation sites is 1. The predicted octanol–water partition coefficient (Wildman–Crippen LogP) is 2.96. The van der Waals surface area contributed by atoms with Crippen LogP contribution in [0.1, 0.15) is 39.8 Å². The molecule has 0 saturated carbocycles. The molecule has 0 bridgehead atoms. The average molecular weight is 441 g/mol. The Balaban J connectivity index is 1.43. The number of ketones is 1. The zero-order chi connectivity index (χ0) is 22.2. The van der Waals surface area contributed by atoms with E-state index in [1.165, 1.54) is 0 Å². The number of rotatable bonds is 7. The molecule has 0 N–H and O–H groups in total. The van der Waals surface area contributed by atoms with Crippen molar-refractivity contribution in [1.29, 1.82) is 0 Å². The number of aryl methyl sites for hydroxylation is 1. The third kappa shape index (κ3) is 4.65. The lowest BCUT2D eigenvalue weighted by atomic mass is 10.1. The molecule has 0 amide bonds. The number of likely N-dealkylation sites (N-methyl/N-ethyl adjacent to an activating group) is 1. The highest BCUT2D eigenvalue weighted by Gasteiger charge is 2.31. The van der Waals surface area contributed by atoms with Gasteiger partial charge in [0.25, 0.3) is 0 Å². The van der Waals surface area contributed by atoms with Crippen LogP contribution < -0.4 is 0 Å². The van der Waals surface area contributed by atoms with Crippen LogP contribution in [0.25, 0.3) is 5.69 Å². The summed E-state index contributed by atoms with van der Waals surface area (Å²) in [4.78, 5) is 15.0. The summed E-state index contributed by atoms with van der Waals surface area (Å²) in [5, 5.41) is 4.41. The number of nitrogens with zero attached hydrogens (tertiary/aromatic N) is 4. The summed E-state index contributed by atoms with van der Waals surface area (Å²) in [5.41, 5.74) is 4.49. The lowest BCUT2D eigenvalue weighted by Gasteiger charge is -2.17. The first-order valence-corrected chi connectivity index (χ1v) is 12.3. The maximum atomic E-state index is 13.0. The molecule has 0 spiro atoms. The van der Waals surface area contributed by atoms with E-state index in [4.69, 9.17) is 0 Å². The molecular weight excluding hydrogens is 412 g/mol. The maximum Gasteiger partial charge on any atom is 0.178 e. The Labute approximate surface area is 183 Å². The van der Waals surface area contributed by atoms with E-state index >= 15 is 0 Å². The third-order valence-corrected chi connectivity index (χ3v) is 7.63. The zero-order valence-corrected chi connectivity index (χ0v) is 19.0. The molecule has 1 aliphatic rings. The first kappa shape index (κ1) is 21.5. The van der Waals surface area contributed by atoms with Crippen LogP contribution in [0.5, 0.6) is 0 Å². The van der Waals surface area contributed by atoms with Crippen LogP contribution in [0.4, 0.5) is 0 Å². The first-order valence-electron chi connectivity index (χ1n) is 10.4. The predicted molar refractivity (Wildman–Crippen MR) is 120 cm³/mol. The molecule has 3 heterocycles. The Morgan fingerprint density at radius 3 is 2.65 bits per heavy atom. The number of hydrogen-bond acceptors (Lipinski definition) is 5. The van der Waals surface area contributed by atoms with Crippen molar-refractivity contribution in [3.63, 3.8) is 0 Å². The van der Waals surface area contributed by atoms with E-state index < -0.39 is 9.84 Å². The highest BCUT2D eigenvalue weighted by Crippen LogP contribution is 2.29. The molecule has 1 atom stereocenters. The molecule has 0 aliphatic carbocycles. The molecule has 8 heteroatoms. The summed E-state index contributed by atoms with van der Waals surface area (Å²) in [6.07, 6.45) is 4.40. The number of benzene rings is 1. The van der Waals surface area contributed by atoms with Crippen LogP contribution in [-0.4, -0.2) is 58.5 Å². The molecule has 164 valence electrons. The summed E-state index contributed by atoms with van der Waals surface area (Å²) in [6, 6.07) is 11.7. The van der Waals surface area contributed by atoms with E-state index in [1.807, 2.05) is 83.8 Å². The van der Waals surface area contributed by atoms with Gasteiger partial charge in [-0.3, -0.25) is 9.69 Å². The van der Waals surface area contributed by atoms with Crippen molar-refractivity contribution in [3.8, 4) is 5.69 Å². The van der Waals surface area contributed by atoms with Gasteiger partial charge in [0.05, 0.1) is 29.9 Å². The van der Waals surface area contributed by atoms with Gasteiger partial charge in [-0.15, -0.1) is 0 Å². The summed E-state index contributed by atoms with van der Waals surface area (Å²) < 4.78 is 27.6. The monoisotopic (exact) mass is 440 g/mol. The second-order valence-electron chi connectivity index (χ2n) is 8.44. The van der Waals surface area contributed by atoms with E-state index in [0.29, 0.717) is 18.5 Å². The molecule has 4 rings (SSSR count). The molecular formula is C23H28N4O3S. The highest BCUT2D eigenvalue weighted by atomic mass is 32.2. The Bertz CT molecular complexity index is 1190. The first-order chi connectivity index (χ1) is 14.7. The van der Waals surface area contributed by atoms with E-state index in [2.05, 4.69) is 5.10 Å². The quantitative estimate of drug-likeness (QED) is 0.528. The van der Waals surface area contributed by atoms with Crippen molar-refractivity contribution in [2.24, 2.45) is 0 Å². The van der Waals surface area contributed by atoms with Gasteiger partial charge >= 0.3 is 0 Å². The van der Waals surface area contributed by atoms with Gasteiger partial charge in [0, 0.05) is 41.3 Å². The fraction of sp³-hybridized carbons (Fsp3) is 0.391. The van der Waals surface area contributed by atoms with Crippen LogP contribution in [0, 0.1) is 13.8 Å². The Morgan fingerprint density at radius 1 is 1.23 bits per heavy atom. The van der Waals surface area contributed by atoms with Crippen LogP contribution in [-0.2, 0) is 16.4 Å². The van der Waals surface area contributed by atoms with Crippen molar-refractivity contribution in [3.05, 3.63) is 71.3 Å². The average Bonchev–Trinajstić information content (AvgIpc) is 3.40. The second kappa shape index (κ2) is 8.43. The lowest BCUT2D eigenvalue weighted by molar-refractivity contribution is 0.0942. The molecule has 0 radical (unpaired) electrons. The van der Waals surface area contributed by atoms with E-state index in [-0.39, 0.29) is 29.9 Å². The Hall–Kier alpha value is -2.71. The van der Waals surface area contributed by atoms with Gasteiger partial charge in [0.2, 0.25) is 0 Å². The number of Topliss-reactive ketones (excluding diaryl/α,β-unsaturated/α-hetero) is 1. The fourth-order valence-electron chi connectivity index (χ4n) is 4.46. The zero-order valence-electron chi connectivity index (χ0n) is 18.2. The van der Waals surface area contributed by atoms with Gasteiger partial charge in [-0.05, 0) is 45.5 Å². The molecule has 7 nitrogen and oxygen atoms in total. The lowest BCUT2D eigenvalue weighted by Crippen LogP contribution is -2.26. The maximum absolute atomic E-state index is 13.0.